The van der Waals surface area contributed by atoms with Crippen molar-refractivity contribution in [2.24, 2.45) is 0 Å². The monoisotopic (exact) mass is 279 g/mol. The topological polar surface area (TPSA) is 48.0 Å². The molecule has 1 amide bonds. The third kappa shape index (κ3) is 3.22. The summed E-state index contributed by atoms with van der Waals surface area (Å²) >= 11 is 0. The summed E-state index contributed by atoms with van der Waals surface area (Å²) in [5.41, 5.74) is 0.946. The lowest BCUT2D eigenvalue weighted by Crippen LogP contribution is -2.35. The van der Waals surface area contributed by atoms with Gasteiger partial charge in [0.1, 0.15) is 17.6 Å². The molecule has 1 atom stereocenters. The van der Waals surface area contributed by atoms with E-state index in [-0.39, 0.29) is 12.0 Å². The van der Waals surface area contributed by atoms with Gasteiger partial charge in [-0.15, -0.1) is 0 Å². The molecule has 1 aromatic rings. The molecular weight excluding hydrogens is 258 g/mol. The second-order valence-corrected chi connectivity index (χ2v) is 4.87. The Labute approximate surface area is 119 Å². The van der Waals surface area contributed by atoms with Crippen LogP contribution < -0.4 is 9.47 Å². The summed E-state index contributed by atoms with van der Waals surface area (Å²) in [5, 5.41) is 0. The van der Waals surface area contributed by atoms with Gasteiger partial charge in [0.15, 0.2) is 0 Å². The molecule has 0 aliphatic carbocycles. The van der Waals surface area contributed by atoms with Crippen LogP contribution in [0.3, 0.4) is 0 Å². The molecule has 0 spiro atoms. The van der Waals surface area contributed by atoms with E-state index in [1.54, 1.807) is 26.2 Å². The number of ether oxygens (including phenoxy) is 3. The summed E-state index contributed by atoms with van der Waals surface area (Å²) in [6.45, 7) is 1.17. The predicted octanol–water partition coefficient (Wildman–Crippen LogP) is 1.84. The fourth-order valence-electron chi connectivity index (χ4n) is 2.33. The fraction of sp³-hybridized carbons (Fsp3) is 0.533. The third-order valence-electron chi connectivity index (χ3n) is 3.48. The largest absolute Gasteiger partial charge is 0.497 e. The van der Waals surface area contributed by atoms with Gasteiger partial charge in [-0.1, -0.05) is 0 Å². The molecule has 1 heterocycles. The Kier molecular flexibility index (Phi) is 4.84. The van der Waals surface area contributed by atoms with Crippen LogP contribution in [0.2, 0.25) is 0 Å². The summed E-state index contributed by atoms with van der Waals surface area (Å²) in [6, 6.07) is 5.60. The zero-order chi connectivity index (χ0) is 14.5. The molecule has 1 saturated heterocycles. The number of nitrogens with zero attached hydrogens (tertiary/aromatic N) is 1. The summed E-state index contributed by atoms with van der Waals surface area (Å²) in [4.78, 5) is 13.9. The maximum absolute atomic E-state index is 12.2. The average Bonchev–Trinajstić information content (AvgIpc) is 3.00. The molecule has 0 bridgehead atoms. The van der Waals surface area contributed by atoms with E-state index in [1.807, 2.05) is 18.2 Å². The highest BCUT2D eigenvalue weighted by atomic mass is 16.5. The number of amides is 1. The molecule has 1 aliphatic rings. The molecular formula is C15H21NO4. The zero-order valence-corrected chi connectivity index (χ0v) is 12.2. The Morgan fingerprint density at radius 3 is 2.80 bits per heavy atom. The lowest BCUT2D eigenvalue weighted by atomic mass is 10.1. The minimum atomic E-state index is -0.288. The minimum Gasteiger partial charge on any atom is -0.497 e. The first-order valence-electron chi connectivity index (χ1n) is 6.73. The van der Waals surface area contributed by atoms with Crippen LogP contribution in [-0.4, -0.2) is 44.8 Å². The normalized spacial score (nSPS) is 17.9. The molecule has 0 N–H and O–H groups in total. The molecule has 110 valence electrons. The highest BCUT2D eigenvalue weighted by molar-refractivity contribution is 5.81. The highest BCUT2D eigenvalue weighted by Crippen LogP contribution is 2.26. The van der Waals surface area contributed by atoms with Crippen LogP contribution in [0.4, 0.5) is 0 Å². The van der Waals surface area contributed by atoms with E-state index in [4.69, 9.17) is 14.2 Å². The summed E-state index contributed by atoms with van der Waals surface area (Å²) in [6.07, 6.45) is 1.48. The second-order valence-electron chi connectivity index (χ2n) is 4.87. The van der Waals surface area contributed by atoms with Crippen molar-refractivity contribution in [3.63, 3.8) is 0 Å². The fourth-order valence-corrected chi connectivity index (χ4v) is 2.33. The molecule has 1 fully saturated rings. The van der Waals surface area contributed by atoms with Crippen LogP contribution in [0.5, 0.6) is 11.5 Å². The highest BCUT2D eigenvalue weighted by Gasteiger charge is 2.26. The van der Waals surface area contributed by atoms with Crippen LogP contribution in [0.1, 0.15) is 18.4 Å². The van der Waals surface area contributed by atoms with Gasteiger partial charge in [0.2, 0.25) is 0 Å². The first-order chi connectivity index (χ1) is 9.65. The van der Waals surface area contributed by atoms with Crippen molar-refractivity contribution in [3.05, 3.63) is 23.8 Å². The molecule has 0 saturated carbocycles. The van der Waals surface area contributed by atoms with Crippen LogP contribution in [-0.2, 0) is 16.1 Å². The van der Waals surface area contributed by atoms with Gasteiger partial charge < -0.3 is 19.1 Å². The molecule has 1 aliphatic heterocycles. The number of hydrogen-bond donors (Lipinski definition) is 0. The van der Waals surface area contributed by atoms with Crippen molar-refractivity contribution < 1.29 is 19.0 Å². The van der Waals surface area contributed by atoms with Crippen LogP contribution in [0, 0.1) is 0 Å². The van der Waals surface area contributed by atoms with Crippen LogP contribution in [0.25, 0.3) is 0 Å². The Hall–Kier alpha value is -1.75. The van der Waals surface area contributed by atoms with Gasteiger partial charge in [-0.2, -0.15) is 0 Å². The van der Waals surface area contributed by atoms with Crippen molar-refractivity contribution in [2.45, 2.75) is 25.5 Å². The van der Waals surface area contributed by atoms with Gasteiger partial charge in [-0.3, -0.25) is 4.79 Å². The summed E-state index contributed by atoms with van der Waals surface area (Å²) < 4.78 is 15.9. The van der Waals surface area contributed by atoms with Gasteiger partial charge >= 0.3 is 0 Å². The number of benzene rings is 1. The molecule has 2 rings (SSSR count). The van der Waals surface area contributed by atoms with Crippen molar-refractivity contribution in [1.29, 1.82) is 0 Å². The van der Waals surface area contributed by atoms with Gasteiger partial charge in [0.25, 0.3) is 5.91 Å². The van der Waals surface area contributed by atoms with Gasteiger partial charge in [-0.25, -0.2) is 0 Å². The number of carbonyl (C=O) groups excluding carboxylic acids is 1. The van der Waals surface area contributed by atoms with Crippen molar-refractivity contribution >= 4 is 5.91 Å². The lowest BCUT2D eigenvalue weighted by molar-refractivity contribution is -0.140. The molecule has 5 nitrogen and oxygen atoms in total. The van der Waals surface area contributed by atoms with Crippen molar-refractivity contribution in [3.8, 4) is 11.5 Å². The molecule has 5 heteroatoms. The number of carbonyl (C=O) groups is 1. The molecule has 0 aromatic heterocycles. The first kappa shape index (κ1) is 14.7. The van der Waals surface area contributed by atoms with E-state index >= 15 is 0 Å². The van der Waals surface area contributed by atoms with Crippen molar-refractivity contribution in [2.75, 3.05) is 27.9 Å². The van der Waals surface area contributed by atoms with E-state index in [0.29, 0.717) is 13.2 Å². The number of methoxy groups -OCH3 is 2. The SMILES string of the molecule is COc1ccc(CN(C)C(=O)C2CCCO2)c(OC)c1. The minimum absolute atomic E-state index is 0.0281. The van der Waals surface area contributed by atoms with E-state index < -0.39 is 0 Å². The number of rotatable bonds is 5. The van der Waals surface area contributed by atoms with Gasteiger partial charge in [-0.05, 0) is 25.0 Å². The number of likely N-dealkylation sites (N-methyl/N-ethyl adjacent to an activating group) is 1. The van der Waals surface area contributed by atoms with E-state index in [0.717, 1.165) is 29.9 Å². The smallest absolute Gasteiger partial charge is 0.251 e. The maximum atomic E-state index is 12.2. The van der Waals surface area contributed by atoms with Crippen LogP contribution in [0.15, 0.2) is 18.2 Å². The third-order valence-corrected chi connectivity index (χ3v) is 3.48. The lowest BCUT2D eigenvalue weighted by Gasteiger charge is -2.22. The zero-order valence-electron chi connectivity index (χ0n) is 12.2. The predicted molar refractivity (Wildman–Crippen MR) is 75.0 cm³/mol. The molecule has 1 aromatic carbocycles. The quantitative estimate of drug-likeness (QED) is 0.825. The average molecular weight is 279 g/mol. The van der Waals surface area contributed by atoms with Gasteiger partial charge in [0.05, 0.1) is 14.2 Å². The van der Waals surface area contributed by atoms with E-state index in [1.165, 1.54) is 0 Å². The molecule has 20 heavy (non-hydrogen) atoms. The van der Waals surface area contributed by atoms with E-state index in [9.17, 15) is 4.79 Å². The summed E-state index contributed by atoms with van der Waals surface area (Å²) in [5.74, 6) is 1.48. The standard InChI is InChI=1S/C15H21NO4/c1-16(15(17)13-5-4-8-20-13)10-11-6-7-12(18-2)9-14(11)19-3/h6-7,9,13H,4-5,8,10H2,1-3H3. The summed E-state index contributed by atoms with van der Waals surface area (Å²) in [7, 11) is 5.01. The van der Waals surface area contributed by atoms with Gasteiger partial charge in [0, 0.05) is 31.8 Å². The van der Waals surface area contributed by atoms with Crippen molar-refractivity contribution in [1.82, 2.24) is 4.90 Å². The Morgan fingerprint density at radius 1 is 1.40 bits per heavy atom. The Balaban J connectivity index is 2.06. The Morgan fingerprint density at radius 2 is 2.20 bits per heavy atom. The molecule has 0 radical (unpaired) electrons. The van der Waals surface area contributed by atoms with E-state index in [2.05, 4.69) is 0 Å². The Bertz CT molecular complexity index is 469. The molecule has 1 unspecified atom stereocenters. The number of hydrogen-bond acceptors (Lipinski definition) is 4. The van der Waals surface area contributed by atoms with Crippen LogP contribution >= 0.6 is 0 Å². The second kappa shape index (κ2) is 6.61. The first-order valence-corrected chi connectivity index (χ1v) is 6.73. The maximum Gasteiger partial charge on any atom is 0.251 e.